The number of hydrogen-bond donors (Lipinski definition) is 0. The van der Waals surface area contributed by atoms with Gasteiger partial charge < -0.3 is 4.57 Å². The Morgan fingerprint density at radius 3 is 1.79 bits per heavy atom. The molecule has 0 aliphatic carbocycles. The maximum atomic E-state index is 5.66. The fourth-order valence-corrected chi connectivity index (χ4v) is 11.5. The Morgan fingerprint density at radius 1 is 0.393 bits per heavy atom. The van der Waals surface area contributed by atoms with Gasteiger partial charge in [0.1, 0.15) is 0 Å². The molecule has 0 aliphatic rings. The number of nitrogens with zero attached hydrogens (tertiary/aromatic N) is 4. The molecule has 4 nitrogen and oxygen atoms in total. The zero-order valence-corrected chi connectivity index (χ0v) is 31.4. The first-order valence-corrected chi connectivity index (χ1v) is 20.5. The summed E-state index contributed by atoms with van der Waals surface area (Å²) in [5.74, 6) is 1.63. The van der Waals surface area contributed by atoms with Crippen molar-refractivity contribution in [3.63, 3.8) is 0 Å². The van der Waals surface area contributed by atoms with E-state index in [2.05, 4.69) is 179 Å². The Kier molecular flexibility index (Phi) is 6.17. The van der Waals surface area contributed by atoms with Gasteiger partial charge in [-0.25, -0.2) is 9.97 Å². The minimum atomic E-state index is 0.715. The third-order valence-corrected chi connectivity index (χ3v) is 13.9. The molecule has 5 aromatic heterocycles. The third-order valence-electron chi connectivity index (χ3n) is 11.5. The number of hydrogen-bond acceptors (Lipinski definition) is 4. The molecule has 0 saturated carbocycles. The van der Waals surface area contributed by atoms with Gasteiger partial charge in [-0.15, -0.1) is 22.7 Å². The lowest BCUT2D eigenvalue weighted by Crippen LogP contribution is -2.02. The largest absolute Gasteiger partial charge is 0.309 e. The van der Waals surface area contributed by atoms with Crippen LogP contribution in [-0.4, -0.2) is 19.1 Å². The first-order valence-electron chi connectivity index (χ1n) is 18.8. The Labute approximate surface area is 327 Å². The van der Waals surface area contributed by atoms with E-state index >= 15 is 0 Å². The highest BCUT2D eigenvalue weighted by molar-refractivity contribution is 7.27. The van der Waals surface area contributed by atoms with Crippen molar-refractivity contribution < 1.29 is 0 Å². The van der Waals surface area contributed by atoms with Crippen molar-refractivity contribution in [3.8, 4) is 22.9 Å². The van der Waals surface area contributed by atoms with E-state index in [9.17, 15) is 0 Å². The molecule has 8 aromatic carbocycles. The summed E-state index contributed by atoms with van der Waals surface area (Å²) < 4.78 is 9.72. The predicted molar refractivity (Wildman–Crippen MR) is 239 cm³/mol. The summed E-state index contributed by atoms with van der Waals surface area (Å²) in [7, 11) is 0. The molecule has 0 amide bonds. The van der Waals surface area contributed by atoms with Crippen LogP contribution in [0.25, 0.3) is 118 Å². The molecule has 0 aliphatic heterocycles. The van der Waals surface area contributed by atoms with E-state index in [4.69, 9.17) is 9.97 Å². The monoisotopic (exact) mass is 748 g/mol. The van der Waals surface area contributed by atoms with Gasteiger partial charge in [0, 0.05) is 73.8 Å². The number of fused-ring (bicyclic) bond motifs is 16. The van der Waals surface area contributed by atoms with Crippen LogP contribution < -0.4 is 0 Å². The molecule has 0 radical (unpaired) electrons. The summed E-state index contributed by atoms with van der Waals surface area (Å²) in [6, 6.07) is 61.3. The average Bonchev–Trinajstić information content (AvgIpc) is 4.01. The van der Waals surface area contributed by atoms with Gasteiger partial charge in [0.25, 0.3) is 0 Å². The summed E-state index contributed by atoms with van der Waals surface area (Å²) >= 11 is 3.67. The fraction of sp³-hybridized carbons (Fsp3) is 0. The van der Waals surface area contributed by atoms with Crippen molar-refractivity contribution in [2.45, 2.75) is 0 Å². The first-order chi connectivity index (χ1) is 27.8. The minimum Gasteiger partial charge on any atom is -0.309 e. The lowest BCUT2D eigenvalue weighted by molar-refractivity contribution is 1.08. The number of aromatic nitrogens is 4. The number of benzene rings is 8. The van der Waals surface area contributed by atoms with E-state index in [1.54, 1.807) is 11.3 Å². The highest BCUT2D eigenvalue weighted by Crippen LogP contribution is 2.49. The van der Waals surface area contributed by atoms with E-state index in [-0.39, 0.29) is 0 Å². The van der Waals surface area contributed by atoms with E-state index in [0.29, 0.717) is 5.82 Å². The smallest absolute Gasteiger partial charge is 0.162 e. The molecule has 13 rings (SSSR count). The predicted octanol–water partition coefficient (Wildman–Crippen LogP) is 14.2. The van der Waals surface area contributed by atoms with Crippen molar-refractivity contribution in [1.29, 1.82) is 0 Å². The Balaban J connectivity index is 1.18. The molecule has 0 spiro atoms. The van der Waals surface area contributed by atoms with Gasteiger partial charge in [0.15, 0.2) is 11.6 Å². The third kappa shape index (κ3) is 4.06. The van der Waals surface area contributed by atoms with Gasteiger partial charge in [-0.1, -0.05) is 115 Å². The zero-order chi connectivity index (χ0) is 36.5. The molecular weight excluding hydrogens is 721 g/mol. The molecule has 56 heavy (non-hydrogen) atoms. The minimum absolute atomic E-state index is 0.715. The van der Waals surface area contributed by atoms with Gasteiger partial charge in [0.05, 0.1) is 32.3 Å². The normalized spacial score (nSPS) is 12.3. The standard InChI is InChI=1S/C50H28N4S2/c1-2-14-30(15-3-1)53-38-22-10-6-16-31(38)37-28-29(26-27-40(37)53)49-51-45-36-21-9-13-25-42(36)56-48(45)50(52-49)54-39-23-11-7-19-34(39)43-44-35-20-8-12-24-41(35)55-47(44)33-18-5-4-17-32(33)46(43)54/h1-28H. The SMILES string of the molecule is c1ccc(-n2c3ccccc3c3cc(-c4nc(-n5c6ccccc6c6c7c8ccccc8sc7c7ccccc7c65)c5sc6ccccc6c5n4)ccc32)cc1. The van der Waals surface area contributed by atoms with Crippen molar-refractivity contribution >= 4 is 118 Å². The van der Waals surface area contributed by atoms with Crippen LogP contribution in [0.5, 0.6) is 0 Å². The van der Waals surface area contributed by atoms with Crippen LogP contribution in [0.3, 0.4) is 0 Å². The van der Waals surface area contributed by atoms with Gasteiger partial charge in [0.2, 0.25) is 0 Å². The van der Waals surface area contributed by atoms with Gasteiger partial charge in [-0.05, 0) is 54.6 Å². The average molecular weight is 749 g/mol. The quantitative estimate of drug-likeness (QED) is 0.180. The molecule has 0 bridgehead atoms. The van der Waals surface area contributed by atoms with Crippen LogP contribution in [0.15, 0.2) is 170 Å². The second-order valence-electron chi connectivity index (χ2n) is 14.5. The molecule has 0 saturated heterocycles. The zero-order valence-electron chi connectivity index (χ0n) is 29.8. The van der Waals surface area contributed by atoms with Gasteiger partial charge in [-0.2, -0.15) is 0 Å². The molecule has 0 unspecified atom stereocenters. The van der Waals surface area contributed by atoms with E-state index < -0.39 is 0 Å². The maximum absolute atomic E-state index is 5.66. The molecule has 260 valence electrons. The van der Waals surface area contributed by atoms with Gasteiger partial charge in [-0.3, -0.25) is 4.57 Å². The molecule has 0 N–H and O–H groups in total. The van der Waals surface area contributed by atoms with E-state index in [0.717, 1.165) is 43.7 Å². The van der Waals surface area contributed by atoms with Crippen molar-refractivity contribution in [2.24, 2.45) is 0 Å². The lowest BCUT2D eigenvalue weighted by atomic mass is 10.00. The van der Waals surface area contributed by atoms with Crippen LogP contribution >= 0.6 is 22.7 Å². The van der Waals surface area contributed by atoms with Crippen molar-refractivity contribution in [1.82, 2.24) is 19.1 Å². The highest BCUT2D eigenvalue weighted by Gasteiger charge is 2.25. The summed E-state index contributed by atoms with van der Waals surface area (Å²) in [6.45, 7) is 0. The Hall–Kier alpha value is -6.86. The maximum Gasteiger partial charge on any atom is 0.162 e. The van der Waals surface area contributed by atoms with Crippen molar-refractivity contribution in [2.75, 3.05) is 0 Å². The Morgan fingerprint density at radius 2 is 0.982 bits per heavy atom. The Bertz CT molecular complexity index is 3770. The van der Waals surface area contributed by atoms with Crippen molar-refractivity contribution in [3.05, 3.63) is 170 Å². The number of thiophene rings is 2. The summed E-state index contributed by atoms with van der Waals surface area (Å²) in [6.07, 6.45) is 0. The lowest BCUT2D eigenvalue weighted by Gasteiger charge is -2.13. The number of para-hydroxylation sites is 3. The first kappa shape index (κ1) is 30.5. The van der Waals surface area contributed by atoms with Crippen LogP contribution in [0.2, 0.25) is 0 Å². The second-order valence-corrected chi connectivity index (χ2v) is 16.6. The van der Waals surface area contributed by atoms with Crippen LogP contribution in [-0.2, 0) is 0 Å². The molecule has 6 heteroatoms. The fourth-order valence-electron chi connectivity index (χ4n) is 9.16. The van der Waals surface area contributed by atoms with Gasteiger partial charge >= 0.3 is 0 Å². The molecule has 5 heterocycles. The van der Waals surface area contributed by atoms with Crippen LogP contribution in [0.4, 0.5) is 0 Å². The topological polar surface area (TPSA) is 35.6 Å². The van der Waals surface area contributed by atoms with E-state index in [1.165, 1.54) is 68.2 Å². The number of rotatable bonds is 3. The molecule has 13 aromatic rings. The molecule has 0 fully saturated rings. The molecule has 0 atom stereocenters. The summed E-state index contributed by atoms with van der Waals surface area (Å²) in [4.78, 5) is 11.1. The van der Waals surface area contributed by atoms with E-state index in [1.807, 2.05) is 11.3 Å². The second kappa shape index (κ2) is 11.3. The van der Waals surface area contributed by atoms with Crippen LogP contribution in [0.1, 0.15) is 0 Å². The summed E-state index contributed by atoms with van der Waals surface area (Å²) in [5.41, 5.74) is 7.77. The van der Waals surface area contributed by atoms with Crippen LogP contribution in [0, 0.1) is 0 Å². The summed E-state index contributed by atoms with van der Waals surface area (Å²) in [5, 5.41) is 11.1. The highest BCUT2D eigenvalue weighted by atomic mass is 32.1. The molecular formula is C50H28N4S2.